The maximum atomic E-state index is 11.6. The van der Waals surface area contributed by atoms with Gasteiger partial charge in [-0.05, 0) is 6.42 Å². The summed E-state index contributed by atoms with van der Waals surface area (Å²) >= 11 is 0. The van der Waals surface area contributed by atoms with Crippen LogP contribution in [-0.4, -0.2) is 45.6 Å². The van der Waals surface area contributed by atoms with Crippen molar-refractivity contribution in [2.45, 2.75) is 19.8 Å². The topological polar surface area (TPSA) is 96.5 Å². The zero-order valence-electron chi connectivity index (χ0n) is 9.13. The summed E-state index contributed by atoms with van der Waals surface area (Å²) in [6.45, 7) is 1.94. The van der Waals surface area contributed by atoms with Crippen LogP contribution in [-0.2, 0) is 4.79 Å². The van der Waals surface area contributed by atoms with E-state index in [0.29, 0.717) is 18.9 Å². The van der Waals surface area contributed by atoms with E-state index in [1.165, 1.54) is 4.90 Å². The van der Waals surface area contributed by atoms with Crippen molar-refractivity contribution >= 4 is 11.9 Å². The first kappa shape index (κ1) is 12.2. The van der Waals surface area contributed by atoms with E-state index in [4.69, 9.17) is 5.11 Å². The average molecular weight is 227 g/mol. The zero-order valence-corrected chi connectivity index (χ0v) is 9.13. The molecule has 1 amide bonds. The fourth-order valence-corrected chi connectivity index (χ4v) is 1.13. The number of aryl methyl sites for hydroxylation is 1. The van der Waals surface area contributed by atoms with E-state index >= 15 is 0 Å². The summed E-state index contributed by atoms with van der Waals surface area (Å²) in [4.78, 5) is 27.1. The summed E-state index contributed by atoms with van der Waals surface area (Å²) in [5, 5.41) is 11.9. The number of aromatic nitrogens is 2. The van der Waals surface area contributed by atoms with E-state index < -0.39 is 5.97 Å². The normalized spacial score (nSPS) is 10.1. The maximum absolute atomic E-state index is 11.6. The number of nitrogens with zero attached hydrogens (tertiary/aromatic N) is 3. The standard InChI is InChI=1S/C9H13N3O4/c1-6-10-8(11-16-6)9(15)12(2)5-3-4-7(13)14/h3-5H2,1-2H3,(H,13,14). The van der Waals surface area contributed by atoms with E-state index in [9.17, 15) is 9.59 Å². The van der Waals surface area contributed by atoms with Crippen LogP contribution in [0.25, 0.3) is 0 Å². The van der Waals surface area contributed by atoms with Crippen molar-refractivity contribution in [2.75, 3.05) is 13.6 Å². The lowest BCUT2D eigenvalue weighted by Crippen LogP contribution is -2.29. The second-order valence-electron chi connectivity index (χ2n) is 3.36. The number of carbonyl (C=O) groups excluding carboxylic acids is 1. The molecule has 1 rings (SSSR count). The van der Waals surface area contributed by atoms with Crippen LogP contribution in [0.5, 0.6) is 0 Å². The van der Waals surface area contributed by atoms with Gasteiger partial charge >= 0.3 is 5.97 Å². The van der Waals surface area contributed by atoms with Gasteiger partial charge in [0.25, 0.3) is 11.7 Å². The fraction of sp³-hybridized carbons (Fsp3) is 0.556. The summed E-state index contributed by atoms with van der Waals surface area (Å²) in [6, 6.07) is 0. The van der Waals surface area contributed by atoms with Crippen molar-refractivity contribution in [1.29, 1.82) is 0 Å². The number of amides is 1. The van der Waals surface area contributed by atoms with Crippen molar-refractivity contribution < 1.29 is 19.2 Å². The van der Waals surface area contributed by atoms with Gasteiger partial charge in [0.2, 0.25) is 5.89 Å². The molecule has 1 heterocycles. The van der Waals surface area contributed by atoms with Gasteiger partial charge < -0.3 is 14.5 Å². The lowest BCUT2D eigenvalue weighted by atomic mass is 10.3. The van der Waals surface area contributed by atoms with Gasteiger partial charge in [-0.25, -0.2) is 0 Å². The maximum Gasteiger partial charge on any atom is 0.303 e. The second-order valence-corrected chi connectivity index (χ2v) is 3.36. The Balaban J connectivity index is 2.45. The van der Waals surface area contributed by atoms with Gasteiger partial charge in [0, 0.05) is 26.9 Å². The first-order valence-electron chi connectivity index (χ1n) is 4.78. The summed E-state index contributed by atoms with van der Waals surface area (Å²) in [5.41, 5.74) is 0. The van der Waals surface area contributed by atoms with Crippen LogP contribution in [0.1, 0.15) is 29.4 Å². The van der Waals surface area contributed by atoms with Gasteiger partial charge in [-0.2, -0.15) is 4.98 Å². The number of carboxylic acids is 1. The van der Waals surface area contributed by atoms with E-state index in [1.807, 2.05) is 0 Å². The minimum absolute atomic E-state index is 0.00433. The highest BCUT2D eigenvalue weighted by Gasteiger charge is 2.17. The smallest absolute Gasteiger partial charge is 0.303 e. The molecule has 0 unspecified atom stereocenters. The quantitative estimate of drug-likeness (QED) is 0.777. The summed E-state index contributed by atoms with van der Waals surface area (Å²) in [5.74, 6) is -0.934. The summed E-state index contributed by atoms with van der Waals surface area (Å²) in [7, 11) is 1.57. The van der Waals surface area contributed by atoms with Gasteiger partial charge in [0.05, 0.1) is 0 Å². The van der Waals surface area contributed by atoms with Crippen LogP contribution in [0.2, 0.25) is 0 Å². The molecule has 7 nitrogen and oxygen atoms in total. The van der Waals surface area contributed by atoms with Crippen molar-refractivity contribution in [3.8, 4) is 0 Å². The third-order valence-electron chi connectivity index (χ3n) is 1.95. The number of carboxylic acid groups (broad SMARTS) is 1. The largest absolute Gasteiger partial charge is 0.481 e. The van der Waals surface area contributed by atoms with Gasteiger partial charge in [0.15, 0.2) is 0 Å². The van der Waals surface area contributed by atoms with Gasteiger partial charge in [-0.3, -0.25) is 9.59 Å². The molecule has 88 valence electrons. The fourth-order valence-electron chi connectivity index (χ4n) is 1.13. The molecule has 0 saturated carbocycles. The Kier molecular flexibility index (Phi) is 3.98. The zero-order chi connectivity index (χ0) is 12.1. The molecular formula is C9H13N3O4. The molecule has 0 aliphatic heterocycles. The van der Waals surface area contributed by atoms with E-state index in [0.717, 1.165) is 0 Å². The van der Waals surface area contributed by atoms with E-state index in [2.05, 4.69) is 14.7 Å². The van der Waals surface area contributed by atoms with Gasteiger partial charge in [0.1, 0.15) is 0 Å². The molecule has 0 radical (unpaired) electrons. The second kappa shape index (κ2) is 5.24. The van der Waals surface area contributed by atoms with Crippen LogP contribution in [0, 0.1) is 6.92 Å². The average Bonchev–Trinajstić information content (AvgIpc) is 2.63. The highest BCUT2D eigenvalue weighted by Crippen LogP contribution is 2.01. The summed E-state index contributed by atoms with van der Waals surface area (Å²) < 4.78 is 4.68. The minimum atomic E-state index is -0.878. The van der Waals surface area contributed by atoms with Crippen molar-refractivity contribution in [3.63, 3.8) is 0 Å². The number of rotatable bonds is 5. The SMILES string of the molecule is Cc1nc(C(=O)N(C)CCCC(=O)O)no1. The first-order chi connectivity index (χ1) is 7.50. The lowest BCUT2D eigenvalue weighted by molar-refractivity contribution is -0.137. The van der Waals surface area contributed by atoms with E-state index in [-0.39, 0.29) is 18.2 Å². The molecule has 1 N–H and O–H groups in total. The molecular weight excluding hydrogens is 214 g/mol. The number of aliphatic carboxylic acids is 1. The Labute approximate surface area is 92.0 Å². The molecule has 0 spiro atoms. The minimum Gasteiger partial charge on any atom is -0.481 e. The predicted octanol–water partition coefficient (Wildman–Crippen LogP) is 0.315. The Bertz CT molecular complexity index is 388. The molecule has 0 atom stereocenters. The molecule has 1 aromatic rings. The molecule has 7 heteroatoms. The Morgan fingerprint density at radius 2 is 2.19 bits per heavy atom. The Morgan fingerprint density at radius 1 is 1.50 bits per heavy atom. The van der Waals surface area contributed by atoms with Gasteiger partial charge in [-0.15, -0.1) is 0 Å². The third-order valence-corrected chi connectivity index (χ3v) is 1.95. The van der Waals surface area contributed by atoms with Crippen LogP contribution in [0.4, 0.5) is 0 Å². The summed E-state index contributed by atoms with van der Waals surface area (Å²) in [6.07, 6.45) is 0.428. The van der Waals surface area contributed by atoms with Crippen molar-refractivity contribution in [1.82, 2.24) is 15.0 Å². The third kappa shape index (κ3) is 3.34. The number of hydrogen-bond donors (Lipinski definition) is 1. The predicted molar refractivity (Wildman–Crippen MR) is 52.9 cm³/mol. The monoisotopic (exact) mass is 227 g/mol. The highest BCUT2D eigenvalue weighted by atomic mass is 16.5. The van der Waals surface area contributed by atoms with Crippen LogP contribution >= 0.6 is 0 Å². The molecule has 16 heavy (non-hydrogen) atoms. The van der Waals surface area contributed by atoms with Crippen LogP contribution < -0.4 is 0 Å². The van der Waals surface area contributed by atoms with Crippen LogP contribution in [0.3, 0.4) is 0 Å². The lowest BCUT2D eigenvalue weighted by Gasteiger charge is -2.13. The molecule has 0 fully saturated rings. The van der Waals surface area contributed by atoms with E-state index in [1.54, 1.807) is 14.0 Å². The Morgan fingerprint density at radius 3 is 2.69 bits per heavy atom. The number of carbonyl (C=O) groups is 2. The molecule has 1 aromatic heterocycles. The highest BCUT2D eigenvalue weighted by molar-refractivity contribution is 5.90. The molecule has 0 bridgehead atoms. The number of hydrogen-bond acceptors (Lipinski definition) is 5. The molecule has 0 saturated heterocycles. The Hall–Kier alpha value is -1.92. The molecule has 0 aliphatic rings. The first-order valence-corrected chi connectivity index (χ1v) is 4.78. The van der Waals surface area contributed by atoms with Crippen LogP contribution in [0.15, 0.2) is 4.52 Å². The van der Waals surface area contributed by atoms with Crippen molar-refractivity contribution in [3.05, 3.63) is 11.7 Å². The molecule has 0 aromatic carbocycles. The van der Waals surface area contributed by atoms with Crippen molar-refractivity contribution in [2.24, 2.45) is 0 Å². The molecule has 0 aliphatic carbocycles. The van der Waals surface area contributed by atoms with Gasteiger partial charge in [-0.1, -0.05) is 5.16 Å².